The molecule has 0 aliphatic carbocycles. The van der Waals surface area contributed by atoms with Crippen molar-refractivity contribution < 1.29 is 26.4 Å². The first-order chi connectivity index (χ1) is 9.09. The first kappa shape index (κ1) is 16.4. The Morgan fingerprint density at radius 3 is 2.30 bits per heavy atom. The second kappa shape index (κ2) is 5.77. The van der Waals surface area contributed by atoms with Gasteiger partial charge in [0.1, 0.15) is 4.90 Å². The average molecular weight is 322 g/mol. The van der Waals surface area contributed by atoms with Crippen LogP contribution in [0.25, 0.3) is 0 Å². The first-order valence-electron chi connectivity index (χ1n) is 5.31. The van der Waals surface area contributed by atoms with Crippen LogP contribution in [0.3, 0.4) is 0 Å². The summed E-state index contributed by atoms with van der Waals surface area (Å²) in [5, 5.41) is 3.49. The number of anilines is 1. The van der Waals surface area contributed by atoms with Crippen molar-refractivity contribution in [3.63, 3.8) is 0 Å². The molecular formula is C10H14N2O6S2. The molecule has 0 bridgehead atoms. The average Bonchev–Trinajstić information content (AvgIpc) is 2.35. The number of esters is 1. The fraction of sp³-hybridized carbons (Fsp3) is 0.300. The van der Waals surface area contributed by atoms with Crippen molar-refractivity contribution in [2.45, 2.75) is 17.1 Å². The number of methoxy groups -OCH3 is 1. The van der Waals surface area contributed by atoms with E-state index in [2.05, 4.69) is 4.74 Å². The number of hydrogen-bond acceptors (Lipinski definition) is 6. The summed E-state index contributed by atoms with van der Waals surface area (Å²) in [6.45, 7) is 1.12. The molecule has 0 aliphatic rings. The molecule has 0 amide bonds. The van der Waals surface area contributed by atoms with E-state index in [4.69, 9.17) is 5.14 Å². The maximum atomic E-state index is 11.9. The minimum atomic E-state index is -4.15. The molecule has 1 atom stereocenters. The number of sulfonamides is 2. The molecule has 1 aromatic rings. The molecule has 0 radical (unpaired) electrons. The van der Waals surface area contributed by atoms with E-state index < -0.39 is 31.3 Å². The van der Waals surface area contributed by atoms with Crippen molar-refractivity contribution in [2.24, 2.45) is 5.14 Å². The SMILES string of the molecule is COC(=O)C(C)S(=O)(=O)Nc1ccccc1S(N)(=O)=O. The molecule has 1 rings (SSSR count). The van der Waals surface area contributed by atoms with Gasteiger partial charge in [0.15, 0.2) is 5.25 Å². The van der Waals surface area contributed by atoms with Gasteiger partial charge >= 0.3 is 5.97 Å². The lowest BCUT2D eigenvalue weighted by Gasteiger charge is -2.14. The Labute approximate surface area is 117 Å². The fourth-order valence-electron chi connectivity index (χ4n) is 1.33. The third kappa shape index (κ3) is 3.68. The number of carbonyl (C=O) groups excluding carboxylic acids is 1. The van der Waals surface area contributed by atoms with Gasteiger partial charge in [-0.05, 0) is 19.1 Å². The van der Waals surface area contributed by atoms with Gasteiger partial charge in [0, 0.05) is 0 Å². The van der Waals surface area contributed by atoms with Gasteiger partial charge in [-0.1, -0.05) is 12.1 Å². The van der Waals surface area contributed by atoms with Crippen LogP contribution in [0.1, 0.15) is 6.92 Å². The van der Waals surface area contributed by atoms with Crippen LogP contribution in [-0.2, 0) is 29.6 Å². The minimum Gasteiger partial charge on any atom is -0.468 e. The van der Waals surface area contributed by atoms with Gasteiger partial charge in [0.2, 0.25) is 20.0 Å². The molecule has 0 heterocycles. The lowest BCUT2D eigenvalue weighted by Crippen LogP contribution is -2.33. The monoisotopic (exact) mass is 322 g/mol. The van der Waals surface area contributed by atoms with Crippen LogP contribution in [0.2, 0.25) is 0 Å². The highest BCUT2D eigenvalue weighted by molar-refractivity contribution is 7.94. The Bertz CT molecular complexity index is 711. The quantitative estimate of drug-likeness (QED) is 0.711. The Balaban J connectivity index is 3.21. The van der Waals surface area contributed by atoms with Crippen LogP contribution in [0.15, 0.2) is 29.2 Å². The van der Waals surface area contributed by atoms with E-state index >= 15 is 0 Å². The van der Waals surface area contributed by atoms with E-state index in [0.29, 0.717) is 0 Å². The van der Waals surface area contributed by atoms with Crippen LogP contribution in [0, 0.1) is 0 Å². The molecule has 0 fully saturated rings. The minimum absolute atomic E-state index is 0.231. The number of rotatable bonds is 5. The highest BCUT2D eigenvalue weighted by Gasteiger charge is 2.30. The number of para-hydroxylation sites is 1. The summed E-state index contributed by atoms with van der Waals surface area (Å²) in [7, 11) is -7.20. The summed E-state index contributed by atoms with van der Waals surface area (Å²) >= 11 is 0. The van der Waals surface area contributed by atoms with E-state index in [1.54, 1.807) is 0 Å². The Kier molecular flexibility index (Phi) is 4.73. The van der Waals surface area contributed by atoms with E-state index in [9.17, 15) is 21.6 Å². The van der Waals surface area contributed by atoms with E-state index in [-0.39, 0.29) is 10.6 Å². The largest absolute Gasteiger partial charge is 0.468 e. The third-order valence-electron chi connectivity index (χ3n) is 2.44. The van der Waals surface area contributed by atoms with Gasteiger partial charge in [0.05, 0.1) is 12.8 Å². The summed E-state index contributed by atoms with van der Waals surface area (Å²) in [6.07, 6.45) is 0. The first-order valence-corrected chi connectivity index (χ1v) is 8.40. The lowest BCUT2D eigenvalue weighted by molar-refractivity contribution is -0.139. The topological polar surface area (TPSA) is 133 Å². The number of carbonyl (C=O) groups is 1. The van der Waals surface area contributed by atoms with E-state index in [1.165, 1.54) is 18.2 Å². The number of hydrogen-bond donors (Lipinski definition) is 2. The van der Waals surface area contributed by atoms with Gasteiger partial charge in [-0.25, -0.2) is 22.0 Å². The van der Waals surface area contributed by atoms with Gasteiger partial charge in [-0.15, -0.1) is 0 Å². The van der Waals surface area contributed by atoms with Crippen LogP contribution < -0.4 is 9.86 Å². The smallest absolute Gasteiger partial charge is 0.325 e. The molecule has 0 aliphatic heterocycles. The van der Waals surface area contributed by atoms with E-state index in [0.717, 1.165) is 20.1 Å². The standard InChI is InChI=1S/C10H14N2O6S2/c1-7(10(13)18-2)20(16,17)12-8-5-3-4-6-9(8)19(11,14)15/h3-7,12H,1-2H3,(H2,11,14,15). The Hall–Kier alpha value is -1.65. The van der Waals surface area contributed by atoms with Crippen LogP contribution in [0.5, 0.6) is 0 Å². The fourth-order valence-corrected chi connectivity index (χ4v) is 3.10. The molecule has 112 valence electrons. The second-order valence-corrected chi connectivity index (χ2v) is 7.38. The summed E-state index contributed by atoms with van der Waals surface area (Å²) in [6, 6.07) is 5.19. The summed E-state index contributed by atoms with van der Waals surface area (Å²) in [4.78, 5) is 10.9. The molecule has 8 nitrogen and oxygen atoms in total. The zero-order chi connectivity index (χ0) is 15.6. The van der Waals surface area contributed by atoms with Gasteiger partial charge in [-0.3, -0.25) is 9.52 Å². The lowest BCUT2D eigenvalue weighted by atomic mass is 10.3. The number of benzene rings is 1. The van der Waals surface area contributed by atoms with Gasteiger partial charge < -0.3 is 4.74 Å². The number of ether oxygens (including phenoxy) is 1. The predicted molar refractivity (Wildman–Crippen MR) is 71.8 cm³/mol. The third-order valence-corrected chi connectivity index (χ3v) is 5.04. The maximum absolute atomic E-state index is 11.9. The highest BCUT2D eigenvalue weighted by atomic mass is 32.2. The molecule has 0 spiro atoms. The van der Waals surface area contributed by atoms with Crippen LogP contribution in [-0.4, -0.2) is 35.2 Å². The Morgan fingerprint density at radius 2 is 1.80 bits per heavy atom. The van der Waals surface area contributed by atoms with Crippen molar-refractivity contribution in [1.82, 2.24) is 0 Å². The molecule has 10 heteroatoms. The zero-order valence-corrected chi connectivity index (χ0v) is 12.4. The number of primary sulfonamides is 1. The summed E-state index contributed by atoms with van der Waals surface area (Å²) < 4.78 is 52.9. The highest BCUT2D eigenvalue weighted by Crippen LogP contribution is 2.21. The van der Waals surface area contributed by atoms with Crippen molar-refractivity contribution in [3.8, 4) is 0 Å². The Morgan fingerprint density at radius 1 is 1.25 bits per heavy atom. The van der Waals surface area contributed by atoms with Crippen molar-refractivity contribution in [2.75, 3.05) is 11.8 Å². The molecule has 0 saturated carbocycles. The number of nitrogens with two attached hydrogens (primary N) is 1. The van der Waals surface area contributed by atoms with Crippen LogP contribution in [0.4, 0.5) is 5.69 Å². The molecule has 3 N–H and O–H groups in total. The predicted octanol–water partition coefficient (Wildman–Crippen LogP) is -0.363. The molecule has 20 heavy (non-hydrogen) atoms. The van der Waals surface area contributed by atoms with Gasteiger partial charge in [0.25, 0.3) is 0 Å². The summed E-state index contributed by atoms with van der Waals surface area (Å²) in [5.41, 5.74) is -0.231. The zero-order valence-electron chi connectivity index (χ0n) is 10.7. The normalized spacial score (nSPS) is 13.6. The van der Waals surface area contributed by atoms with Crippen molar-refractivity contribution in [3.05, 3.63) is 24.3 Å². The summed E-state index contributed by atoms with van der Waals surface area (Å²) in [5.74, 6) is -0.967. The maximum Gasteiger partial charge on any atom is 0.325 e. The molecule has 0 aromatic heterocycles. The molecule has 1 unspecified atom stereocenters. The molecular weight excluding hydrogens is 308 g/mol. The van der Waals surface area contributed by atoms with Crippen LogP contribution >= 0.6 is 0 Å². The number of nitrogens with one attached hydrogen (secondary N) is 1. The van der Waals surface area contributed by atoms with Gasteiger partial charge in [-0.2, -0.15) is 0 Å². The molecule has 0 saturated heterocycles. The molecule has 1 aromatic carbocycles. The van der Waals surface area contributed by atoms with Crippen molar-refractivity contribution >= 4 is 31.7 Å². The van der Waals surface area contributed by atoms with Crippen molar-refractivity contribution in [1.29, 1.82) is 0 Å². The van der Waals surface area contributed by atoms with E-state index in [1.807, 2.05) is 4.72 Å². The second-order valence-electron chi connectivity index (χ2n) is 3.85.